The first-order valence-corrected chi connectivity index (χ1v) is 9.91. The van der Waals surface area contributed by atoms with Crippen molar-refractivity contribution in [3.05, 3.63) is 59.0 Å². The van der Waals surface area contributed by atoms with Crippen LogP contribution in [0.3, 0.4) is 0 Å². The summed E-state index contributed by atoms with van der Waals surface area (Å²) in [5, 5.41) is 14.0. The Bertz CT molecular complexity index is 995. The summed E-state index contributed by atoms with van der Waals surface area (Å²) in [6.07, 6.45) is 5.03. The molecule has 0 amide bonds. The Hall–Kier alpha value is -3.24. The zero-order valence-corrected chi connectivity index (χ0v) is 17.3. The van der Waals surface area contributed by atoms with Crippen LogP contribution in [-0.4, -0.2) is 39.4 Å². The molecule has 0 aliphatic carbocycles. The summed E-state index contributed by atoms with van der Waals surface area (Å²) in [5.74, 6) is 1.62. The third-order valence-corrected chi connectivity index (χ3v) is 5.04. The van der Waals surface area contributed by atoms with Crippen LogP contribution in [0.1, 0.15) is 36.2 Å². The summed E-state index contributed by atoms with van der Waals surface area (Å²) < 4.78 is 1.90. The lowest BCUT2D eigenvalue weighted by Gasteiger charge is -2.16. The highest BCUT2D eigenvalue weighted by Gasteiger charge is 2.15. The van der Waals surface area contributed by atoms with E-state index in [1.165, 1.54) is 0 Å². The smallest absolute Gasteiger partial charge is 0.159 e. The summed E-state index contributed by atoms with van der Waals surface area (Å²) in [6, 6.07) is 9.98. The fraction of sp³-hybridized carbons (Fsp3) is 0.364. The number of aryl methyl sites for hydroxylation is 1. The van der Waals surface area contributed by atoms with Gasteiger partial charge in [-0.3, -0.25) is 4.68 Å². The molecule has 0 atom stereocenters. The van der Waals surface area contributed by atoms with Gasteiger partial charge in [0.25, 0.3) is 0 Å². The molecule has 0 unspecified atom stereocenters. The maximum atomic E-state index is 9.36. The molecule has 0 spiro atoms. The maximum absolute atomic E-state index is 9.36. The standard InChI is InChI=1S/C22H27N7/c1-4-29(5-2)21-12-19(28(3)27-21)11-18-10-16(13-24)6-7-20(18)22-25-14-17(8-9-23)15-26-22/h6-7,10,12,14-15H,4-5,8-9,11,23H2,1-3H3. The highest BCUT2D eigenvalue weighted by atomic mass is 15.3. The SMILES string of the molecule is CCN(CC)c1cc(Cc2cc(C#N)ccc2-c2ncc(CCN)cn2)n(C)n1. The molecule has 2 heterocycles. The molecule has 0 aliphatic rings. The molecule has 7 nitrogen and oxygen atoms in total. The lowest BCUT2D eigenvalue weighted by molar-refractivity contribution is 0.712. The average Bonchev–Trinajstić information content (AvgIpc) is 3.10. The first kappa shape index (κ1) is 20.5. The van der Waals surface area contributed by atoms with Gasteiger partial charge in [0, 0.05) is 56.3 Å². The van der Waals surface area contributed by atoms with E-state index in [4.69, 9.17) is 5.73 Å². The van der Waals surface area contributed by atoms with Crippen LogP contribution in [0, 0.1) is 11.3 Å². The van der Waals surface area contributed by atoms with Gasteiger partial charge in [0.05, 0.1) is 11.6 Å². The number of benzene rings is 1. The molecule has 0 radical (unpaired) electrons. The molecule has 3 aromatic rings. The van der Waals surface area contributed by atoms with Crippen molar-refractivity contribution in [2.45, 2.75) is 26.7 Å². The van der Waals surface area contributed by atoms with Crippen LogP contribution in [0.2, 0.25) is 0 Å². The van der Waals surface area contributed by atoms with Crippen molar-refractivity contribution >= 4 is 5.82 Å². The third kappa shape index (κ3) is 4.61. The van der Waals surface area contributed by atoms with Gasteiger partial charge >= 0.3 is 0 Å². The van der Waals surface area contributed by atoms with Crippen LogP contribution in [0.15, 0.2) is 36.7 Å². The molecule has 150 valence electrons. The van der Waals surface area contributed by atoms with Gasteiger partial charge in [-0.2, -0.15) is 10.4 Å². The molecule has 0 saturated carbocycles. The predicted octanol–water partition coefficient (Wildman–Crippen LogP) is 2.69. The Morgan fingerprint density at radius 1 is 1.14 bits per heavy atom. The van der Waals surface area contributed by atoms with Crippen molar-refractivity contribution in [1.29, 1.82) is 5.26 Å². The second-order valence-electron chi connectivity index (χ2n) is 6.90. The number of nitrogens with zero attached hydrogens (tertiary/aromatic N) is 6. The first-order chi connectivity index (χ1) is 14.1. The number of hydrogen-bond donors (Lipinski definition) is 1. The van der Waals surface area contributed by atoms with E-state index in [9.17, 15) is 5.26 Å². The minimum absolute atomic E-state index is 0.570. The normalized spacial score (nSPS) is 10.7. The fourth-order valence-electron chi connectivity index (χ4n) is 3.37. The van der Waals surface area contributed by atoms with Gasteiger partial charge in [-0.1, -0.05) is 0 Å². The summed E-state index contributed by atoms with van der Waals surface area (Å²) in [5.41, 5.74) is 10.2. The van der Waals surface area contributed by atoms with Crippen LogP contribution in [0.4, 0.5) is 5.82 Å². The highest BCUT2D eigenvalue weighted by molar-refractivity contribution is 5.63. The minimum Gasteiger partial charge on any atom is -0.356 e. The van der Waals surface area contributed by atoms with Crippen molar-refractivity contribution in [3.8, 4) is 17.5 Å². The molecule has 3 rings (SSSR count). The molecular weight excluding hydrogens is 362 g/mol. The fourth-order valence-corrected chi connectivity index (χ4v) is 3.37. The van der Waals surface area contributed by atoms with Gasteiger partial charge < -0.3 is 10.6 Å². The Labute approximate surface area is 171 Å². The quantitative estimate of drug-likeness (QED) is 0.636. The topological polar surface area (TPSA) is 96.6 Å². The van der Waals surface area contributed by atoms with Crippen LogP contribution in [0.5, 0.6) is 0 Å². The number of aromatic nitrogens is 4. The summed E-state index contributed by atoms with van der Waals surface area (Å²) in [6.45, 7) is 6.63. The number of nitriles is 1. The van der Waals surface area contributed by atoms with Gasteiger partial charge in [0.1, 0.15) is 0 Å². The van der Waals surface area contributed by atoms with Crippen molar-refractivity contribution in [1.82, 2.24) is 19.7 Å². The average molecular weight is 390 g/mol. The van der Waals surface area contributed by atoms with E-state index in [-0.39, 0.29) is 0 Å². The molecular formula is C22H27N7. The van der Waals surface area contributed by atoms with Crippen molar-refractivity contribution in [3.63, 3.8) is 0 Å². The van der Waals surface area contributed by atoms with E-state index < -0.39 is 0 Å². The Balaban J connectivity index is 1.97. The second-order valence-corrected chi connectivity index (χ2v) is 6.90. The lowest BCUT2D eigenvalue weighted by Crippen LogP contribution is -2.22. The van der Waals surface area contributed by atoms with E-state index in [1.54, 1.807) is 6.07 Å². The molecule has 7 heteroatoms. The molecule has 0 bridgehead atoms. The van der Waals surface area contributed by atoms with Gasteiger partial charge in [0.15, 0.2) is 11.6 Å². The van der Waals surface area contributed by atoms with Crippen molar-refractivity contribution in [2.24, 2.45) is 12.8 Å². The van der Waals surface area contributed by atoms with E-state index >= 15 is 0 Å². The second kappa shape index (κ2) is 9.30. The summed E-state index contributed by atoms with van der Waals surface area (Å²) >= 11 is 0. The van der Waals surface area contributed by atoms with Crippen LogP contribution in [0.25, 0.3) is 11.4 Å². The molecule has 0 fully saturated rings. The molecule has 2 N–H and O–H groups in total. The van der Waals surface area contributed by atoms with Gasteiger partial charge in [-0.25, -0.2) is 9.97 Å². The van der Waals surface area contributed by atoms with Crippen molar-refractivity contribution in [2.75, 3.05) is 24.5 Å². The number of rotatable bonds is 8. The Morgan fingerprint density at radius 3 is 2.48 bits per heavy atom. The monoisotopic (exact) mass is 389 g/mol. The zero-order chi connectivity index (χ0) is 20.8. The molecule has 0 aliphatic heterocycles. The molecule has 2 aromatic heterocycles. The first-order valence-electron chi connectivity index (χ1n) is 9.91. The van der Waals surface area contributed by atoms with E-state index in [1.807, 2.05) is 36.3 Å². The van der Waals surface area contributed by atoms with Crippen LogP contribution < -0.4 is 10.6 Å². The molecule has 1 aromatic carbocycles. The summed E-state index contributed by atoms with van der Waals surface area (Å²) in [4.78, 5) is 11.3. The third-order valence-electron chi connectivity index (χ3n) is 5.04. The number of nitrogens with two attached hydrogens (primary N) is 1. The minimum atomic E-state index is 0.570. The Kier molecular flexibility index (Phi) is 6.57. The summed E-state index contributed by atoms with van der Waals surface area (Å²) in [7, 11) is 1.95. The maximum Gasteiger partial charge on any atom is 0.159 e. The zero-order valence-electron chi connectivity index (χ0n) is 17.3. The van der Waals surface area contributed by atoms with Crippen LogP contribution in [-0.2, 0) is 19.9 Å². The number of anilines is 1. The van der Waals surface area contributed by atoms with Crippen molar-refractivity contribution < 1.29 is 0 Å². The van der Waals surface area contributed by atoms with Gasteiger partial charge in [0.2, 0.25) is 0 Å². The van der Waals surface area contributed by atoms with E-state index in [0.717, 1.165) is 47.7 Å². The molecule has 0 saturated heterocycles. The van der Waals surface area contributed by atoms with E-state index in [0.29, 0.717) is 24.4 Å². The van der Waals surface area contributed by atoms with Crippen LogP contribution >= 0.6 is 0 Å². The number of hydrogen-bond acceptors (Lipinski definition) is 6. The molecule has 29 heavy (non-hydrogen) atoms. The van der Waals surface area contributed by atoms with Gasteiger partial charge in [-0.05, 0) is 56.1 Å². The largest absolute Gasteiger partial charge is 0.356 e. The van der Waals surface area contributed by atoms with E-state index in [2.05, 4.69) is 45.9 Å². The highest BCUT2D eigenvalue weighted by Crippen LogP contribution is 2.25. The van der Waals surface area contributed by atoms with Gasteiger partial charge in [-0.15, -0.1) is 0 Å². The Morgan fingerprint density at radius 2 is 1.86 bits per heavy atom. The lowest BCUT2D eigenvalue weighted by atomic mass is 9.99. The predicted molar refractivity (Wildman–Crippen MR) is 115 cm³/mol.